The van der Waals surface area contributed by atoms with Gasteiger partial charge in [0, 0.05) is 43.6 Å². The lowest BCUT2D eigenvalue weighted by Crippen LogP contribution is -2.36. The summed E-state index contributed by atoms with van der Waals surface area (Å²) >= 11 is 0. The van der Waals surface area contributed by atoms with Crippen LogP contribution in [0.2, 0.25) is 0 Å². The number of morpholine rings is 2. The molecule has 0 spiro atoms. The zero-order valence-corrected chi connectivity index (χ0v) is 28.5. The molecule has 8 heteroatoms. The van der Waals surface area contributed by atoms with Crippen LogP contribution in [0.4, 0.5) is 11.4 Å². The summed E-state index contributed by atoms with van der Waals surface area (Å²) < 4.78 is 32.6. The average Bonchev–Trinajstić information content (AvgIpc) is 3.06. The fraction of sp³-hybridized carbons (Fsp3) is 0.514. The van der Waals surface area contributed by atoms with E-state index in [4.69, 9.17) is 28.4 Å². The van der Waals surface area contributed by atoms with Gasteiger partial charge in [0.2, 0.25) is 0 Å². The van der Waals surface area contributed by atoms with Crippen molar-refractivity contribution in [1.82, 2.24) is 0 Å². The molecule has 5 rings (SSSR count). The molecular formula is C37H54N2O6. The molecule has 2 aliphatic rings. The minimum absolute atomic E-state index is 0.702. The van der Waals surface area contributed by atoms with Gasteiger partial charge in [0.15, 0.2) is 0 Å². The summed E-state index contributed by atoms with van der Waals surface area (Å²) in [7, 11) is 0. The number of nitrogens with zero attached hydrogens (tertiary/aromatic N) is 2. The van der Waals surface area contributed by atoms with Crippen LogP contribution in [-0.2, 0) is 9.47 Å². The smallest absolute Gasteiger partial charge is 0.124 e. The second kappa shape index (κ2) is 19.7. The van der Waals surface area contributed by atoms with E-state index >= 15 is 0 Å². The van der Waals surface area contributed by atoms with Crippen LogP contribution in [0.25, 0.3) is 0 Å². The number of rotatable bonds is 10. The summed E-state index contributed by atoms with van der Waals surface area (Å²) in [6.45, 7) is 24.2. The molecule has 0 atom stereocenters. The average molecular weight is 623 g/mol. The molecule has 0 aromatic heterocycles. The number of aryl methyl sites for hydroxylation is 3. The van der Waals surface area contributed by atoms with Gasteiger partial charge in [-0.25, -0.2) is 0 Å². The van der Waals surface area contributed by atoms with Gasteiger partial charge in [0.1, 0.15) is 23.0 Å². The molecule has 0 amide bonds. The first-order valence-electron chi connectivity index (χ1n) is 16.4. The highest BCUT2D eigenvalue weighted by Crippen LogP contribution is 2.27. The van der Waals surface area contributed by atoms with Crippen molar-refractivity contribution in [2.75, 3.05) is 88.8 Å². The molecule has 2 heterocycles. The second-order valence-electron chi connectivity index (χ2n) is 10.8. The SMILES string of the molecule is CCOc1cc(N2CCOCC2)ccc1C.CCOc1ccc(N2CCOCC2)cc1C.CCOc1ccc(OCC)c(C)c1. The van der Waals surface area contributed by atoms with E-state index in [0.717, 1.165) is 87.8 Å². The molecule has 2 saturated heterocycles. The maximum atomic E-state index is 5.61. The van der Waals surface area contributed by atoms with Gasteiger partial charge in [-0.1, -0.05) is 6.07 Å². The van der Waals surface area contributed by atoms with Crippen LogP contribution in [0.1, 0.15) is 44.4 Å². The van der Waals surface area contributed by atoms with Crippen molar-refractivity contribution in [3.05, 3.63) is 71.3 Å². The summed E-state index contributed by atoms with van der Waals surface area (Å²) in [6.07, 6.45) is 0. The Balaban J connectivity index is 0.000000185. The number of hydrogen-bond acceptors (Lipinski definition) is 8. The quantitative estimate of drug-likeness (QED) is 0.234. The first-order chi connectivity index (χ1) is 21.9. The second-order valence-corrected chi connectivity index (χ2v) is 10.8. The van der Waals surface area contributed by atoms with Gasteiger partial charge in [-0.2, -0.15) is 0 Å². The molecule has 248 valence electrons. The lowest BCUT2D eigenvalue weighted by Gasteiger charge is -2.29. The Hall–Kier alpha value is -3.62. The van der Waals surface area contributed by atoms with Gasteiger partial charge in [-0.05, 0) is 108 Å². The van der Waals surface area contributed by atoms with E-state index in [1.54, 1.807) is 0 Å². The lowest BCUT2D eigenvalue weighted by molar-refractivity contribution is 0.122. The minimum atomic E-state index is 0.702. The highest BCUT2D eigenvalue weighted by atomic mass is 16.5. The Labute approximate surface area is 271 Å². The van der Waals surface area contributed by atoms with Crippen LogP contribution in [-0.4, -0.2) is 79.0 Å². The molecule has 45 heavy (non-hydrogen) atoms. The van der Waals surface area contributed by atoms with Gasteiger partial charge in [-0.15, -0.1) is 0 Å². The summed E-state index contributed by atoms with van der Waals surface area (Å²) in [4.78, 5) is 4.69. The predicted octanol–water partition coefficient (Wildman–Crippen LogP) is 7.25. The fourth-order valence-corrected chi connectivity index (χ4v) is 5.08. The third kappa shape index (κ3) is 11.7. The lowest BCUT2D eigenvalue weighted by atomic mass is 10.2. The normalized spacial score (nSPS) is 14.4. The first-order valence-corrected chi connectivity index (χ1v) is 16.4. The number of hydrogen-bond donors (Lipinski definition) is 0. The molecule has 0 N–H and O–H groups in total. The van der Waals surface area contributed by atoms with Crippen LogP contribution >= 0.6 is 0 Å². The van der Waals surface area contributed by atoms with Gasteiger partial charge < -0.3 is 38.2 Å². The summed E-state index contributed by atoms with van der Waals surface area (Å²) in [5.74, 6) is 3.82. The Kier molecular flexibility index (Phi) is 15.7. The van der Waals surface area contributed by atoms with E-state index in [9.17, 15) is 0 Å². The first kappa shape index (κ1) is 35.9. The Morgan fingerprint density at radius 1 is 0.489 bits per heavy atom. The standard InChI is InChI=1S/2C13H19NO2.C11H16O2/c1-3-16-13-5-4-12(10-11(13)2)14-6-8-15-9-7-14;1-3-16-13-10-12(5-4-11(13)2)14-6-8-15-9-7-14;1-4-12-10-6-7-11(13-5-2)9(3)8-10/h2*4-5,10H,3,6-9H2,1-2H3;6-8H,4-5H2,1-3H3. The third-order valence-electron chi connectivity index (χ3n) is 7.44. The molecule has 0 unspecified atom stereocenters. The molecule has 8 nitrogen and oxygen atoms in total. The van der Waals surface area contributed by atoms with E-state index in [1.165, 1.54) is 22.5 Å². The predicted molar refractivity (Wildman–Crippen MR) is 184 cm³/mol. The molecule has 0 radical (unpaired) electrons. The van der Waals surface area contributed by atoms with Gasteiger partial charge in [0.25, 0.3) is 0 Å². The zero-order chi connectivity index (χ0) is 32.4. The monoisotopic (exact) mass is 622 g/mol. The van der Waals surface area contributed by atoms with Crippen molar-refractivity contribution in [3.8, 4) is 23.0 Å². The van der Waals surface area contributed by atoms with Crippen molar-refractivity contribution >= 4 is 11.4 Å². The number of benzene rings is 3. The van der Waals surface area contributed by atoms with Crippen molar-refractivity contribution < 1.29 is 28.4 Å². The van der Waals surface area contributed by atoms with Gasteiger partial charge in [0.05, 0.1) is 52.9 Å². The molecule has 3 aromatic carbocycles. The summed E-state index contributed by atoms with van der Waals surface area (Å²) in [6, 6.07) is 18.7. The zero-order valence-electron chi connectivity index (χ0n) is 28.5. The maximum Gasteiger partial charge on any atom is 0.124 e. The van der Waals surface area contributed by atoms with Gasteiger partial charge >= 0.3 is 0 Å². The van der Waals surface area contributed by atoms with E-state index < -0.39 is 0 Å². The maximum absolute atomic E-state index is 5.61. The molecular weight excluding hydrogens is 568 g/mol. The van der Waals surface area contributed by atoms with Crippen molar-refractivity contribution in [1.29, 1.82) is 0 Å². The van der Waals surface area contributed by atoms with Crippen LogP contribution in [0.5, 0.6) is 23.0 Å². The molecule has 3 aromatic rings. The molecule has 0 bridgehead atoms. The highest BCUT2D eigenvalue weighted by molar-refractivity contribution is 5.54. The van der Waals surface area contributed by atoms with Crippen molar-refractivity contribution in [2.45, 2.75) is 48.5 Å². The highest BCUT2D eigenvalue weighted by Gasteiger charge is 2.13. The topological polar surface area (TPSA) is 61.9 Å². The van der Waals surface area contributed by atoms with Crippen LogP contribution < -0.4 is 28.7 Å². The van der Waals surface area contributed by atoms with E-state index in [0.29, 0.717) is 19.8 Å². The Bertz CT molecular complexity index is 1270. The van der Waals surface area contributed by atoms with Crippen LogP contribution in [0.3, 0.4) is 0 Å². The third-order valence-corrected chi connectivity index (χ3v) is 7.44. The molecule has 2 aliphatic heterocycles. The molecule has 0 saturated carbocycles. The van der Waals surface area contributed by atoms with Gasteiger partial charge in [-0.3, -0.25) is 0 Å². The minimum Gasteiger partial charge on any atom is -0.494 e. The molecule has 0 aliphatic carbocycles. The van der Waals surface area contributed by atoms with Crippen LogP contribution in [0, 0.1) is 20.8 Å². The molecule has 2 fully saturated rings. The van der Waals surface area contributed by atoms with E-state index in [1.807, 2.05) is 52.8 Å². The Morgan fingerprint density at radius 3 is 1.42 bits per heavy atom. The largest absolute Gasteiger partial charge is 0.494 e. The summed E-state index contributed by atoms with van der Waals surface area (Å²) in [5.41, 5.74) is 6.01. The van der Waals surface area contributed by atoms with E-state index in [2.05, 4.69) is 60.0 Å². The van der Waals surface area contributed by atoms with Crippen molar-refractivity contribution in [2.24, 2.45) is 0 Å². The van der Waals surface area contributed by atoms with Crippen LogP contribution in [0.15, 0.2) is 54.6 Å². The fourth-order valence-electron chi connectivity index (χ4n) is 5.08. The van der Waals surface area contributed by atoms with Crippen molar-refractivity contribution in [3.63, 3.8) is 0 Å². The van der Waals surface area contributed by atoms with E-state index in [-0.39, 0.29) is 0 Å². The summed E-state index contributed by atoms with van der Waals surface area (Å²) in [5, 5.41) is 0. The number of ether oxygens (including phenoxy) is 6. The number of anilines is 2. The Morgan fingerprint density at radius 2 is 0.933 bits per heavy atom.